The van der Waals surface area contributed by atoms with Gasteiger partial charge in [-0.3, -0.25) is 0 Å². The van der Waals surface area contributed by atoms with Crippen molar-refractivity contribution in [2.45, 2.75) is 46.6 Å². The molecule has 0 aromatic rings. The Hall–Kier alpha value is 0.270. The lowest BCUT2D eigenvalue weighted by Gasteiger charge is -2.34. The van der Waals surface area contributed by atoms with Crippen LogP contribution in [0, 0.1) is 5.92 Å². The van der Waals surface area contributed by atoms with E-state index in [-0.39, 0.29) is 0 Å². The van der Waals surface area contributed by atoms with Crippen LogP contribution < -0.4 is 0 Å². The summed E-state index contributed by atoms with van der Waals surface area (Å²) < 4.78 is 16.6. The van der Waals surface area contributed by atoms with Crippen LogP contribution in [-0.2, 0) is 13.6 Å². The van der Waals surface area contributed by atoms with Crippen LogP contribution in [0.4, 0.5) is 0 Å². The number of piperidine rings is 1. The molecule has 1 saturated heterocycles. The summed E-state index contributed by atoms with van der Waals surface area (Å²) in [5, 5.41) is 0. The van der Waals surface area contributed by atoms with E-state index >= 15 is 0 Å². The van der Waals surface area contributed by atoms with E-state index in [9.17, 15) is 0 Å². The Morgan fingerprint density at radius 2 is 1.61 bits per heavy atom. The Morgan fingerprint density at radius 3 is 2.06 bits per heavy atom. The highest BCUT2D eigenvalue weighted by atomic mass is 31.2. The van der Waals surface area contributed by atoms with E-state index in [0.717, 1.165) is 6.61 Å². The van der Waals surface area contributed by atoms with E-state index in [1.165, 1.54) is 25.9 Å². The molecule has 1 aliphatic heterocycles. The van der Waals surface area contributed by atoms with E-state index in [2.05, 4.69) is 18.7 Å². The van der Waals surface area contributed by atoms with Gasteiger partial charge in [-0.2, -0.15) is 0 Å². The van der Waals surface area contributed by atoms with Gasteiger partial charge in [0, 0.05) is 6.04 Å². The van der Waals surface area contributed by atoms with Crippen LogP contribution >= 0.6 is 8.60 Å². The Kier molecular flexibility index (Phi) is 8.36. The van der Waals surface area contributed by atoms with E-state index in [4.69, 9.17) is 13.6 Å². The lowest BCUT2D eigenvalue weighted by Crippen LogP contribution is -2.39. The maximum atomic E-state index is 5.76. The first-order valence-corrected chi connectivity index (χ1v) is 8.19. The zero-order valence-electron chi connectivity index (χ0n) is 12.2. The van der Waals surface area contributed by atoms with Crippen molar-refractivity contribution in [2.75, 3.05) is 32.9 Å². The van der Waals surface area contributed by atoms with Crippen molar-refractivity contribution in [2.24, 2.45) is 5.92 Å². The molecule has 0 spiro atoms. The maximum absolute atomic E-state index is 5.76. The lowest BCUT2D eigenvalue weighted by atomic mass is 9.97. The van der Waals surface area contributed by atoms with Gasteiger partial charge in [0.2, 0.25) is 0 Å². The van der Waals surface area contributed by atoms with Crippen LogP contribution in [0.2, 0.25) is 0 Å². The Morgan fingerprint density at radius 1 is 1.06 bits per heavy atom. The van der Waals surface area contributed by atoms with Gasteiger partial charge in [0.05, 0.1) is 19.8 Å². The van der Waals surface area contributed by atoms with Gasteiger partial charge < -0.3 is 18.5 Å². The van der Waals surface area contributed by atoms with E-state index in [1.54, 1.807) is 0 Å². The normalized spacial score (nSPS) is 19.0. The van der Waals surface area contributed by atoms with Gasteiger partial charge in [-0.1, -0.05) is 0 Å². The van der Waals surface area contributed by atoms with Gasteiger partial charge in [-0.25, -0.2) is 0 Å². The molecule has 0 aromatic carbocycles. The van der Waals surface area contributed by atoms with Crippen molar-refractivity contribution in [1.82, 2.24) is 4.90 Å². The average Bonchev–Trinajstić information content (AvgIpc) is 2.37. The standard InChI is InChI=1S/C13H28NO3P/c1-5-15-18(16-6-2)17-11-13-7-9-14(10-8-13)12(3)4/h12-13H,5-11H2,1-4H3. The van der Waals surface area contributed by atoms with Gasteiger partial charge in [-0.05, 0) is 59.5 Å². The monoisotopic (exact) mass is 277 g/mol. The topological polar surface area (TPSA) is 30.9 Å². The predicted octanol–water partition coefficient (Wildman–Crippen LogP) is 3.42. The second-order valence-corrected chi connectivity index (χ2v) is 6.15. The Labute approximate surface area is 113 Å². The van der Waals surface area contributed by atoms with Crippen molar-refractivity contribution in [3.8, 4) is 0 Å². The SMILES string of the molecule is CCOP(OCC)OCC1CCN(C(C)C)CC1. The molecule has 0 saturated carbocycles. The molecule has 0 aliphatic carbocycles. The summed E-state index contributed by atoms with van der Waals surface area (Å²) in [5.74, 6) is 0.658. The van der Waals surface area contributed by atoms with Crippen LogP contribution in [0.25, 0.3) is 0 Å². The first kappa shape index (κ1) is 16.3. The zero-order chi connectivity index (χ0) is 13.4. The summed E-state index contributed by atoms with van der Waals surface area (Å²) in [6.07, 6.45) is 2.44. The summed E-state index contributed by atoms with van der Waals surface area (Å²) in [6.45, 7) is 12.9. The highest BCUT2D eigenvalue weighted by Gasteiger charge is 2.22. The Balaban J connectivity index is 2.19. The fourth-order valence-corrected chi connectivity index (χ4v) is 3.10. The summed E-state index contributed by atoms with van der Waals surface area (Å²) >= 11 is 0. The maximum Gasteiger partial charge on any atom is 0.332 e. The molecule has 18 heavy (non-hydrogen) atoms. The van der Waals surface area contributed by atoms with Crippen LogP contribution in [0.1, 0.15) is 40.5 Å². The minimum absolute atomic E-state index is 0.650. The van der Waals surface area contributed by atoms with Crippen molar-refractivity contribution in [3.05, 3.63) is 0 Å². The third kappa shape index (κ3) is 5.94. The summed E-state index contributed by atoms with van der Waals surface area (Å²) in [5.41, 5.74) is 0. The molecule has 1 fully saturated rings. The molecule has 0 aromatic heterocycles. The number of likely N-dealkylation sites (tertiary alicyclic amines) is 1. The minimum atomic E-state index is -1.12. The summed E-state index contributed by atoms with van der Waals surface area (Å²) in [6, 6.07) is 0.663. The van der Waals surface area contributed by atoms with Gasteiger partial charge in [-0.15, -0.1) is 0 Å². The fourth-order valence-electron chi connectivity index (χ4n) is 2.12. The lowest BCUT2D eigenvalue weighted by molar-refractivity contribution is 0.100. The average molecular weight is 277 g/mol. The predicted molar refractivity (Wildman–Crippen MR) is 75.6 cm³/mol. The molecule has 4 nitrogen and oxygen atoms in total. The van der Waals surface area contributed by atoms with E-state index in [0.29, 0.717) is 25.2 Å². The van der Waals surface area contributed by atoms with Crippen LogP contribution in [0.5, 0.6) is 0 Å². The van der Waals surface area contributed by atoms with E-state index < -0.39 is 8.60 Å². The van der Waals surface area contributed by atoms with Gasteiger partial charge >= 0.3 is 8.60 Å². The summed E-state index contributed by atoms with van der Waals surface area (Å²) in [7, 11) is -1.12. The molecule has 5 heteroatoms. The molecule has 1 heterocycles. The van der Waals surface area contributed by atoms with Crippen molar-refractivity contribution in [3.63, 3.8) is 0 Å². The molecule has 0 unspecified atom stereocenters. The van der Waals surface area contributed by atoms with Crippen molar-refractivity contribution >= 4 is 8.60 Å². The largest absolute Gasteiger partial charge is 0.332 e. The number of hydrogen-bond acceptors (Lipinski definition) is 4. The first-order chi connectivity index (χ1) is 8.67. The van der Waals surface area contributed by atoms with Crippen molar-refractivity contribution in [1.29, 1.82) is 0 Å². The number of hydrogen-bond donors (Lipinski definition) is 0. The van der Waals surface area contributed by atoms with Gasteiger partial charge in [0.15, 0.2) is 0 Å². The highest BCUT2D eigenvalue weighted by molar-refractivity contribution is 7.41. The zero-order valence-corrected chi connectivity index (χ0v) is 13.1. The molecule has 0 atom stereocenters. The number of rotatable bonds is 8. The third-order valence-corrected chi connectivity index (χ3v) is 4.56. The first-order valence-electron chi connectivity index (χ1n) is 7.10. The summed E-state index contributed by atoms with van der Waals surface area (Å²) in [4.78, 5) is 2.53. The highest BCUT2D eigenvalue weighted by Crippen LogP contribution is 2.40. The molecule has 0 amide bonds. The molecule has 1 aliphatic rings. The molecule has 108 valence electrons. The van der Waals surface area contributed by atoms with Gasteiger partial charge in [0.1, 0.15) is 0 Å². The fraction of sp³-hybridized carbons (Fsp3) is 1.00. The molecule has 0 bridgehead atoms. The molecule has 0 radical (unpaired) electrons. The van der Waals surface area contributed by atoms with Crippen LogP contribution in [-0.4, -0.2) is 43.9 Å². The van der Waals surface area contributed by atoms with Gasteiger partial charge in [0.25, 0.3) is 0 Å². The van der Waals surface area contributed by atoms with E-state index in [1.807, 2.05) is 13.8 Å². The molecule has 1 rings (SSSR count). The molecular weight excluding hydrogens is 249 g/mol. The van der Waals surface area contributed by atoms with Crippen LogP contribution in [0.15, 0.2) is 0 Å². The smallest absolute Gasteiger partial charge is 0.313 e. The van der Waals surface area contributed by atoms with Crippen molar-refractivity contribution < 1.29 is 13.6 Å². The Bertz CT molecular complexity index is 202. The minimum Gasteiger partial charge on any atom is -0.313 e. The molecule has 0 N–H and O–H groups in total. The second kappa shape index (κ2) is 9.22. The molecular formula is C13H28NO3P. The quantitative estimate of drug-likeness (QED) is 0.636. The van der Waals surface area contributed by atoms with Crippen LogP contribution in [0.3, 0.4) is 0 Å². The number of nitrogens with zero attached hydrogens (tertiary/aromatic N) is 1. The third-order valence-electron chi connectivity index (χ3n) is 3.26. The second-order valence-electron chi connectivity index (χ2n) is 4.93.